The minimum Gasteiger partial charge on any atom is -0.451 e. The molecule has 0 aromatic heterocycles. The fourth-order valence-electron chi connectivity index (χ4n) is 2.93. The van der Waals surface area contributed by atoms with Gasteiger partial charge < -0.3 is 14.5 Å². The maximum absolute atomic E-state index is 12.2. The minimum atomic E-state index is -0.776. The number of nitriles is 1. The number of carbonyl (C=O) groups excluding carboxylic acids is 2. The van der Waals surface area contributed by atoms with Crippen molar-refractivity contribution in [2.45, 2.75) is 32.2 Å². The van der Waals surface area contributed by atoms with Crippen molar-refractivity contribution in [2.75, 3.05) is 32.1 Å². The molecule has 1 aromatic rings. The van der Waals surface area contributed by atoms with Gasteiger partial charge in [0, 0.05) is 32.4 Å². The smallest absolute Gasteiger partial charge is 0.349 e. The molecule has 0 N–H and O–H groups in total. The Hall–Kier alpha value is -2.81. The van der Waals surface area contributed by atoms with E-state index >= 15 is 0 Å². The number of likely N-dealkylation sites (tertiary alicyclic amines) is 1. The normalized spacial score (nSPS) is 17.4. The second kappa shape index (κ2) is 9.04. The highest BCUT2D eigenvalue weighted by Gasteiger charge is 2.24. The topological polar surface area (TPSA) is 73.6 Å². The standard InChI is InChI=1S/C20H25N3O3/c1-15-6-4-5-11-23(15)19(24)14-26-20(25)17(13-21)12-16-7-9-18(10-8-16)22(2)3/h7-10,12,15H,4-6,11,14H2,1-3H3/b17-12+/t15-/m0/s1. The number of rotatable bonds is 5. The van der Waals surface area contributed by atoms with E-state index in [4.69, 9.17) is 4.74 Å². The van der Waals surface area contributed by atoms with Gasteiger partial charge in [0.15, 0.2) is 6.61 Å². The second-order valence-electron chi connectivity index (χ2n) is 6.66. The number of benzene rings is 1. The third-order valence-electron chi connectivity index (χ3n) is 4.51. The third kappa shape index (κ3) is 5.09. The lowest BCUT2D eigenvalue weighted by atomic mass is 10.0. The van der Waals surface area contributed by atoms with Crippen LogP contribution in [0, 0.1) is 11.3 Å². The van der Waals surface area contributed by atoms with Crippen LogP contribution in [0.15, 0.2) is 29.8 Å². The van der Waals surface area contributed by atoms with Gasteiger partial charge in [0.1, 0.15) is 11.6 Å². The summed E-state index contributed by atoms with van der Waals surface area (Å²) in [6, 6.07) is 9.45. The molecule has 0 bridgehead atoms. The van der Waals surface area contributed by atoms with Gasteiger partial charge in [-0.05, 0) is 50.0 Å². The van der Waals surface area contributed by atoms with Crippen LogP contribution in [-0.2, 0) is 14.3 Å². The molecule has 0 spiro atoms. The molecule has 1 saturated heterocycles. The van der Waals surface area contributed by atoms with E-state index in [1.165, 1.54) is 6.08 Å². The molecule has 1 heterocycles. The average Bonchev–Trinajstić information content (AvgIpc) is 2.64. The predicted molar refractivity (Wildman–Crippen MR) is 100 cm³/mol. The van der Waals surface area contributed by atoms with E-state index in [2.05, 4.69) is 0 Å². The molecule has 0 aliphatic carbocycles. The fraction of sp³-hybridized carbons (Fsp3) is 0.450. The van der Waals surface area contributed by atoms with E-state index in [1.807, 2.05) is 56.3 Å². The van der Waals surface area contributed by atoms with Crippen LogP contribution < -0.4 is 4.90 Å². The summed E-state index contributed by atoms with van der Waals surface area (Å²) in [4.78, 5) is 28.1. The Morgan fingerprint density at radius 2 is 2.00 bits per heavy atom. The lowest BCUT2D eigenvalue weighted by molar-refractivity contribution is -0.150. The van der Waals surface area contributed by atoms with Crippen molar-refractivity contribution >= 4 is 23.6 Å². The van der Waals surface area contributed by atoms with Gasteiger partial charge in [-0.2, -0.15) is 5.26 Å². The highest BCUT2D eigenvalue weighted by molar-refractivity contribution is 5.98. The molecular weight excluding hydrogens is 330 g/mol. The molecule has 1 atom stereocenters. The minimum absolute atomic E-state index is 0.123. The summed E-state index contributed by atoms with van der Waals surface area (Å²) in [5.41, 5.74) is 1.62. The summed E-state index contributed by atoms with van der Waals surface area (Å²) < 4.78 is 5.06. The Kier molecular flexibility index (Phi) is 6.79. The van der Waals surface area contributed by atoms with Crippen LogP contribution in [0.4, 0.5) is 5.69 Å². The summed E-state index contributed by atoms with van der Waals surface area (Å²) >= 11 is 0. The van der Waals surface area contributed by atoms with Gasteiger partial charge in [-0.1, -0.05) is 12.1 Å². The summed E-state index contributed by atoms with van der Waals surface area (Å²) in [7, 11) is 3.87. The molecule has 2 rings (SSSR count). The van der Waals surface area contributed by atoms with Crippen LogP contribution in [-0.4, -0.2) is 50.1 Å². The number of ether oxygens (including phenoxy) is 1. The number of piperidine rings is 1. The average molecular weight is 355 g/mol. The lowest BCUT2D eigenvalue weighted by Gasteiger charge is -2.33. The summed E-state index contributed by atoms with van der Waals surface area (Å²) in [6.45, 7) is 2.36. The van der Waals surface area contributed by atoms with E-state index in [9.17, 15) is 14.9 Å². The summed E-state index contributed by atoms with van der Waals surface area (Å²) in [6.07, 6.45) is 4.51. The molecule has 6 nitrogen and oxygen atoms in total. The molecule has 138 valence electrons. The zero-order valence-electron chi connectivity index (χ0n) is 15.6. The van der Waals surface area contributed by atoms with Gasteiger partial charge in [0.25, 0.3) is 5.91 Å². The number of nitrogens with zero attached hydrogens (tertiary/aromatic N) is 3. The number of amides is 1. The van der Waals surface area contributed by atoms with E-state index in [0.717, 1.165) is 30.5 Å². The maximum atomic E-state index is 12.2. The van der Waals surface area contributed by atoms with Gasteiger partial charge in [-0.25, -0.2) is 4.79 Å². The van der Waals surface area contributed by atoms with Crippen molar-refractivity contribution < 1.29 is 14.3 Å². The van der Waals surface area contributed by atoms with Gasteiger partial charge in [-0.3, -0.25) is 4.79 Å². The number of hydrogen-bond acceptors (Lipinski definition) is 5. The van der Waals surface area contributed by atoms with Crippen LogP contribution in [0.2, 0.25) is 0 Å². The van der Waals surface area contributed by atoms with Crippen LogP contribution in [0.1, 0.15) is 31.7 Å². The number of hydrogen-bond donors (Lipinski definition) is 0. The van der Waals surface area contributed by atoms with Crippen molar-refractivity contribution in [3.05, 3.63) is 35.4 Å². The Bertz CT molecular complexity index is 717. The van der Waals surface area contributed by atoms with E-state index < -0.39 is 5.97 Å². The fourth-order valence-corrected chi connectivity index (χ4v) is 2.93. The Morgan fingerprint density at radius 3 is 2.58 bits per heavy atom. The molecule has 1 fully saturated rings. The van der Waals surface area contributed by atoms with Crippen LogP contribution in [0.25, 0.3) is 6.08 Å². The number of esters is 1. The Morgan fingerprint density at radius 1 is 1.31 bits per heavy atom. The van der Waals surface area contributed by atoms with E-state index in [1.54, 1.807) is 4.90 Å². The van der Waals surface area contributed by atoms with Crippen molar-refractivity contribution in [1.29, 1.82) is 5.26 Å². The van der Waals surface area contributed by atoms with Crippen molar-refractivity contribution in [3.63, 3.8) is 0 Å². The highest BCUT2D eigenvalue weighted by atomic mass is 16.5. The molecule has 0 radical (unpaired) electrons. The molecule has 1 aliphatic rings. The first kappa shape index (κ1) is 19.5. The summed E-state index contributed by atoms with van der Waals surface area (Å²) in [5, 5.41) is 9.23. The van der Waals surface area contributed by atoms with E-state index in [0.29, 0.717) is 6.54 Å². The van der Waals surface area contributed by atoms with Crippen LogP contribution in [0.5, 0.6) is 0 Å². The molecule has 1 amide bonds. The van der Waals surface area contributed by atoms with Gasteiger partial charge in [0.05, 0.1) is 0 Å². The lowest BCUT2D eigenvalue weighted by Crippen LogP contribution is -2.44. The Balaban J connectivity index is 1.97. The zero-order valence-corrected chi connectivity index (χ0v) is 15.6. The first-order valence-corrected chi connectivity index (χ1v) is 8.78. The number of anilines is 1. The van der Waals surface area contributed by atoms with Crippen molar-refractivity contribution in [1.82, 2.24) is 4.90 Å². The van der Waals surface area contributed by atoms with Gasteiger partial charge in [0.2, 0.25) is 0 Å². The molecule has 1 aliphatic heterocycles. The van der Waals surface area contributed by atoms with Gasteiger partial charge >= 0.3 is 5.97 Å². The molecule has 1 aromatic carbocycles. The third-order valence-corrected chi connectivity index (χ3v) is 4.51. The Labute approximate surface area is 154 Å². The number of carbonyl (C=O) groups is 2. The first-order valence-electron chi connectivity index (χ1n) is 8.78. The quantitative estimate of drug-likeness (QED) is 0.461. The van der Waals surface area contributed by atoms with Crippen molar-refractivity contribution in [2.24, 2.45) is 0 Å². The zero-order chi connectivity index (χ0) is 19.1. The predicted octanol–water partition coefficient (Wildman–Crippen LogP) is 2.60. The molecule has 6 heteroatoms. The van der Waals surface area contributed by atoms with E-state index in [-0.39, 0.29) is 24.1 Å². The molecule has 26 heavy (non-hydrogen) atoms. The SMILES string of the molecule is C[C@H]1CCCCN1C(=O)COC(=O)/C(C#N)=C/c1ccc(N(C)C)cc1. The van der Waals surface area contributed by atoms with Gasteiger partial charge in [-0.15, -0.1) is 0 Å². The van der Waals surface area contributed by atoms with Crippen LogP contribution >= 0.6 is 0 Å². The highest BCUT2D eigenvalue weighted by Crippen LogP contribution is 2.17. The van der Waals surface area contributed by atoms with Crippen LogP contribution in [0.3, 0.4) is 0 Å². The monoisotopic (exact) mass is 355 g/mol. The summed E-state index contributed by atoms with van der Waals surface area (Å²) in [5.74, 6) is -0.986. The maximum Gasteiger partial charge on any atom is 0.349 e. The molecule has 0 saturated carbocycles. The molecule has 0 unspecified atom stereocenters. The molecular formula is C20H25N3O3. The van der Waals surface area contributed by atoms with Crippen molar-refractivity contribution in [3.8, 4) is 6.07 Å². The second-order valence-corrected chi connectivity index (χ2v) is 6.66. The largest absolute Gasteiger partial charge is 0.451 e. The first-order chi connectivity index (χ1) is 12.4.